The minimum absolute atomic E-state index is 0.709. The first kappa shape index (κ1) is 12.8. The van der Waals surface area contributed by atoms with Crippen LogP contribution >= 0.6 is 12.2 Å². The summed E-state index contributed by atoms with van der Waals surface area (Å²) in [5.41, 5.74) is 0. The minimum atomic E-state index is 0.709. The van der Waals surface area contributed by atoms with Crippen molar-refractivity contribution in [2.75, 3.05) is 37.6 Å². The molecule has 1 saturated heterocycles. The summed E-state index contributed by atoms with van der Waals surface area (Å²) < 4.78 is 0. The Balaban J connectivity index is 1.84. The molecule has 1 aliphatic heterocycles. The maximum Gasteiger partial charge on any atom is 0.225 e. The molecule has 2 heterocycles. The lowest BCUT2D eigenvalue weighted by Gasteiger charge is -2.36. The van der Waals surface area contributed by atoms with Crippen LogP contribution < -0.4 is 10.2 Å². The molecule has 1 fully saturated rings. The number of rotatable bonds is 3. The average Bonchev–Trinajstić information content (AvgIpc) is 2.46. The number of hydrogen-bond acceptors (Lipinski definition) is 4. The zero-order valence-corrected chi connectivity index (χ0v) is 11.1. The molecule has 0 bridgehead atoms. The molecule has 1 N–H and O–H groups in total. The predicted octanol–water partition coefficient (Wildman–Crippen LogP) is 0.659. The van der Waals surface area contributed by atoms with Gasteiger partial charge in [0.2, 0.25) is 5.95 Å². The van der Waals surface area contributed by atoms with Crippen LogP contribution in [0.1, 0.15) is 0 Å². The summed E-state index contributed by atoms with van der Waals surface area (Å²) in [4.78, 5) is 12.9. The number of nitrogens with zero attached hydrogens (tertiary/aromatic N) is 4. The number of anilines is 1. The molecule has 96 valence electrons. The zero-order valence-electron chi connectivity index (χ0n) is 10.2. The lowest BCUT2D eigenvalue weighted by Crippen LogP contribution is -2.52. The highest BCUT2D eigenvalue weighted by molar-refractivity contribution is 7.80. The van der Waals surface area contributed by atoms with Gasteiger partial charge in [-0.15, -0.1) is 6.58 Å². The minimum Gasteiger partial charge on any atom is -0.359 e. The average molecular weight is 263 g/mol. The number of hydrogen-bond donors (Lipinski definition) is 1. The molecule has 18 heavy (non-hydrogen) atoms. The Hall–Kier alpha value is -1.69. The Bertz CT molecular complexity index is 400. The summed E-state index contributed by atoms with van der Waals surface area (Å²) in [7, 11) is 0. The fourth-order valence-electron chi connectivity index (χ4n) is 1.84. The van der Waals surface area contributed by atoms with Crippen molar-refractivity contribution in [3.05, 3.63) is 31.1 Å². The Morgan fingerprint density at radius 3 is 2.61 bits per heavy atom. The van der Waals surface area contributed by atoms with Crippen molar-refractivity contribution in [2.24, 2.45) is 0 Å². The number of thiocarbonyl (C=S) groups is 1. The number of aromatic nitrogens is 2. The van der Waals surface area contributed by atoms with Gasteiger partial charge in [-0.3, -0.25) is 0 Å². The highest BCUT2D eigenvalue weighted by atomic mass is 32.1. The van der Waals surface area contributed by atoms with E-state index in [1.807, 2.05) is 6.07 Å². The second-order valence-electron chi connectivity index (χ2n) is 4.00. The molecular weight excluding hydrogens is 246 g/mol. The van der Waals surface area contributed by atoms with Gasteiger partial charge in [-0.2, -0.15) is 0 Å². The molecule has 0 spiro atoms. The molecule has 1 aromatic rings. The van der Waals surface area contributed by atoms with Gasteiger partial charge in [0.25, 0.3) is 0 Å². The topological polar surface area (TPSA) is 44.3 Å². The predicted molar refractivity (Wildman–Crippen MR) is 76.6 cm³/mol. The van der Waals surface area contributed by atoms with Crippen molar-refractivity contribution in [3.63, 3.8) is 0 Å². The molecule has 2 rings (SSSR count). The third kappa shape index (κ3) is 3.16. The highest BCUT2D eigenvalue weighted by Gasteiger charge is 2.19. The molecule has 1 aliphatic rings. The van der Waals surface area contributed by atoms with E-state index in [9.17, 15) is 0 Å². The lowest BCUT2D eigenvalue weighted by molar-refractivity contribution is 0.379. The van der Waals surface area contributed by atoms with Crippen LogP contribution in [0.4, 0.5) is 5.95 Å². The summed E-state index contributed by atoms with van der Waals surface area (Å²) in [5.74, 6) is 0.794. The fraction of sp³-hybridized carbons (Fsp3) is 0.417. The first-order valence-corrected chi connectivity index (χ1v) is 6.37. The summed E-state index contributed by atoms with van der Waals surface area (Å²) in [5, 5.41) is 3.94. The van der Waals surface area contributed by atoms with Gasteiger partial charge in [0.05, 0.1) is 0 Å². The Morgan fingerprint density at radius 2 is 2.00 bits per heavy atom. The van der Waals surface area contributed by atoms with Crippen LogP contribution in [0.2, 0.25) is 0 Å². The standard InChI is InChI=1S/C12H17N5S/c1-2-4-15-12(18)17-9-7-16(8-10-17)11-13-5-3-6-14-11/h2-3,5-6H,1,4,7-10H2,(H,15,18). The molecule has 0 atom stereocenters. The van der Waals surface area contributed by atoms with Crippen molar-refractivity contribution in [1.29, 1.82) is 0 Å². The van der Waals surface area contributed by atoms with Crippen molar-refractivity contribution < 1.29 is 0 Å². The van der Waals surface area contributed by atoms with Gasteiger partial charge in [0.15, 0.2) is 5.11 Å². The summed E-state index contributed by atoms with van der Waals surface area (Å²) in [6, 6.07) is 1.83. The summed E-state index contributed by atoms with van der Waals surface area (Å²) >= 11 is 5.31. The first-order chi connectivity index (χ1) is 8.81. The van der Waals surface area contributed by atoms with E-state index < -0.39 is 0 Å². The van der Waals surface area contributed by atoms with E-state index in [-0.39, 0.29) is 0 Å². The van der Waals surface area contributed by atoms with Gasteiger partial charge in [0.1, 0.15) is 0 Å². The quantitative estimate of drug-likeness (QED) is 0.638. The van der Waals surface area contributed by atoms with Gasteiger partial charge in [-0.05, 0) is 18.3 Å². The van der Waals surface area contributed by atoms with Crippen LogP contribution in [0.15, 0.2) is 31.1 Å². The van der Waals surface area contributed by atoms with Gasteiger partial charge >= 0.3 is 0 Å². The fourth-order valence-corrected chi connectivity index (χ4v) is 2.10. The van der Waals surface area contributed by atoms with E-state index in [1.54, 1.807) is 18.5 Å². The van der Waals surface area contributed by atoms with Gasteiger partial charge in [-0.25, -0.2) is 9.97 Å². The van der Waals surface area contributed by atoms with E-state index in [0.29, 0.717) is 6.54 Å². The van der Waals surface area contributed by atoms with E-state index in [2.05, 4.69) is 31.7 Å². The molecule has 0 aromatic carbocycles. The summed E-state index contributed by atoms with van der Waals surface area (Å²) in [6.45, 7) is 7.93. The lowest BCUT2D eigenvalue weighted by atomic mass is 10.3. The molecular formula is C12H17N5S. The van der Waals surface area contributed by atoms with E-state index in [0.717, 1.165) is 37.2 Å². The number of nitrogens with one attached hydrogen (secondary N) is 1. The van der Waals surface area contributed by atoms with Crippen LogP contribution in [0.5, 0.6) is 0 Å². The second kappa shape index (κ2) is 6.30. The molecule has 6 heteroatoms. The maximum absolute atomic E-state index is 5.31. The largest absolute Gasteiger partial charge is 0.359 e. The van der Waals surface area contributed by atoms with Crippen molar-refractivity contribution in [1.82, 2.24) is 20.2 Å². The summed E-state index contributed by atoms with van der Waals surface area (Å²) in [6.07, 6.45) is 5.34. The molecule has 0 aliphatic carbocycles. The van der Waals surface area contributed by atoms with Crippen LogP contribution in [0.25, 0.3) is 0 Å². The van der Waals surface area contributed by atoms with Crippen LogP contribution in [-0.4, -0.2) is 52.7 Å². The third-order valence-corrected chi connectivity index (χ3v) is 3.20. The normalized spacial score (nSPS) is 15.3. The monoisotopic (exact) mass is 263 g/mol. The van der Waals surface area contributed by atoms with Crippen LogP contribution in [0.3, 0.4) is 0 Å². The Kier molecular flexibility index (Phi) is 4.46. The van der Waals surface area contributed by atoms with Gasteiger partial charge in [0, 0.05) is 45.1 Å². The van der Waals surface area contributed by atoms with E-state index in [4.69, 9.17) is 12.2 Å². The Morgan fingerprint density at radius 1 is 1.33 bits per heavy atom. The van der Waals surface area contributed by atoms with Gasteiger partial charge in [-0.1, -0.05) is 6.08 Å². The van der Waals surface area contributed by atoms with Crippen LogP contribution in [0, 0.1) is 0 Å². The number of piperazine rings is 1. The Labute approximate surface area is 113 Å². The van der Waals surface area contributed by atoms with Crippen molar-refractivity contribution >= 4 is 23.3 Å². The second-order valence-corrected chi connectivity index (χ2v) is 4.38. The molecule has 0 amide bonds. The maximum atomic E-state index is 5.31. The first-order valence-electron chi connectivity index (χ1n) is 5.97. The van der Waals surface area contributed by atoms with E-state index >= 15 is 0 Å². The molecule has 0 saturated carbocycles. The van der Waals surface area contributed by atoms with Crippen molar-refractivity contribution in [2.45, 2.75) is 0 Å². The molecule has 5 nitrogen and oxygen atoms in total. The smallest absolute Gasteiger partial charge is 0.225 e. The SMILES string of the molecule is C=CCNC(=S)N1CCN(c2ncccn2)CC1. The van der Waals surface area contributed by atoms with Crippen molar-refractivity contribution in [3.8, 4) is 0 Å². The van der Waals surface area contributed by atoms with Gasteiger partial charge < -0.3 is 15.1 Å². The molecule has 0 radical (unpaired) electrons. The van der Waals surface area contributed by atoms with E-state index in [1.165, 1.54) is 0 Å². The zero-order chi connectivity index (χ0) is 12.8. The molecule has 1 aromatic heterocycles. The third-order valence-electron chi connectivity index (χ3n) is 2.80. The van der Waals surface area contributed by atoms with Crippen LogP contribution in [-0.2, 0) is 0 Å². The molecule has 0 unspecified atom stereocenters. The highest BCUT2D eigenvalue weighted by Crippen LogP contribution is 2.09.